The van der Waals surface area contributed by atoms with E-state index < -0.39 is 0 Å². The topological polar surface area (TPSA) is 17.1 Å². The van der Waals surface area contributed by atoms with Crippen LogP contribution in [0.4, 0.5) is 0 Å². The Morgan fingerprint density at radius 2 is 1.88 bits per heavy atom. The van der Waals surface area contributed by atoms with Crippen LogP contribution in [0, 0.1) is 6.92 Å². The van der Waals surface area contributed by atoms with Gasteiger partial charge in [-0.05, 0) is 41.1 Å². The van der Waals surface area contributed by atoms with E-state index in [2.05, 4.69) is 15.9 Å². The van der Waals surface area contributed by atoms with Gasteiger partial charge in [0.2, 0.25) is 0 Å². The summed E-state index contributed by atoms with van der Waals surface area (Å²) in [6.07, 6.45) is 0. The van der Waals surface area contributed by atoms with Gasteiger partial charge in [-0.15, -0.1) is 11.3 Å². The lowest BCUT2D eigenvalue weighted by atomic mass is 10.0. The first-order chi connectivity index (χ1) is 8.00. The van der Waals surface area contributed by atoms with Crippen LogP contribution < -0.4 is 0 Å². The Hall–Kier alpha value is -0.350. The van der Waals surface area contributed by atoms with E-state index in [-0.39, 0.29) is 5.78 Å². The zero-order chi connectivity index (χ0) is 12.6. The molecule has 88 valence electrons. The first kappa shape index (κ1) is 13.1. The average Bonchev–Trinajstić information content (AvgIpc) is 2.57. The molecule has 0 saturated heterocycles. The van der Waals surface area contributed by atoms with Crippen molar-refractivity contribution in [3.05, 3.63) is 54.1 Å². The Morgan fingerprint density at radius 1 is 1.29 bits per heavy atom. The second-order valence-electron chi connectivity index (χ2n) is 3.45. The molecule has 0 radical (unpaired) electrons. The Balaban J connectivity index is 2.55. The van der Waals surface area contributed by atoms with Gasteiger partial charge in [0.25, 0.3) is 0 Å². The Morgan fingerprint density at radius 3 is 2.35 bits per heavy atom. The minimum Gasteiger partial charge on any atom is -0.288 e. The van der Waals surface area contributed by atoms with Crippen molar-refractivity contribution >= 4 is 56.3 Å². The van der Waals surface area contributed by atoms with E-state index in [0.29, 0.717) is 21.2 Å². The molecule has 1 aromatic heterocycles. The highest BCUT2D eigenvalue weighted by Gasteiger charge is 2.19. The van der Waals surface area contributed by atoms with Crippen LogP contribution in [0.2, 0.25) is 10.0 Å². The molecule has 0 unspecified atom stereocenters. The number of carbonyl (C=O) groups excluding carboxylic acids is 1. The summed E-state index contributed by atoms with van der Waals surface area (Å²) in [5.74, 6) is -0.139. The molecule has 0 aliphatic rings. The summed E-state index contributed by atoms with van der Waals surface area (Å²) >= 11 is 16.9. The van der Waals surface area contributed by atoms with Gasteiger partial charge in [0.15, 0.2) is 5.78 Å². The van der Waals surface area contributed by atoms with E-state index in [9.17, 15) is 4.79 Å². The molecule has 5 heteroatoms. The second-order valence-corrected chi connectivity index (χ2v) is 6.90. The van der Waals surface area contributed by atoms with Gasteiger partial charge < -0.3 is 0 Å². The molecule has 0 aliphatic heterocycles. The molecule has 0 aliphatic carbocycles. The third-order valence-corrected chi connectivity index (χ3v) is 4.51. The molecule has 0 fully saturated rings. The fraction of sp³-hybridized carbons (Fsp3) is 0.0833. The molecule has 0 amide bonds. The predicted octanol–water partition coefficient (Wildman–Crippen LogP) is 5.36. The van der Waals surface area contributed by atoms with Crippen LogP contribution in [0.15, 0.2) is 28.1 Å². The first-order valence-electron chi connectivity index (χ1n) is 4.75. The SMILES string of the molecule is Cc1sc(Br)cc1C(=O)c1c(Cl)cccc1Cl. The van der Waals surface area contributed by atoms with Crippen molar-refractivity contribution in [2.45, 2.75) is 6.92 Å². The van der Waals surface area contributed by atoms with Crippen LogP contribution in [-0.2, 0) is 0 Å². The summed E-state index contributed by atoms with van der Waals surface area (Å²) in [5, 5.41) is 0.758. The third kappa shape index (κ3) is 2.58. The van der Waals surface area contributed by atoms with Crippen LogP contribution in [0.3, 0.4) is 0 Å². The highest BCUT2D eigenvalue weighted by molar-refractivity contribution is 9.11. The number of halogens is 3. The second kappa shape index (κ2) is 5.11. The number of hydrogen-bond acceptors (Lipinski definition) is 2. The van der Waals surface area contributed by atoms with Gasteiger partial charge in [-0.25, -0.2) is 0 Å². The van der Waals surface area contributed by atoms with E-state index in [0.717, 1.165) is 8.66 Å². The molecule has 17 heavy (non-hydrogen) atoms. The van der Waals surface area contributed by atoms with E-state index in [1.54, 1.807) is 24.3 Å². The van der Waals surface area contributed by atoms with Crippen LogP contribution in [0.25, 0.3) is 0 Å². The lowest BCUT2D eigenvalue weighted by Crippen LogP contribution is -2.03. The standard InChI is InChI=1S/C12H7BrCl2OS/c1-6-7(5-10(13)17-6)12(16)11-8(14)3-2-4-9(11)15/h2-5H,1H3. The van der Waals surface area contributed by atoms with Gasteiger partial charge in [-0.1, -0.05) is 29.3 Å². The summed E-state index contributed by atoms with van der Waals surface area (Å²) in [5.41, 5.74) is 1.00. The summed E-state index contributed by atoms with van der Waals surface area (Å²) < 4.78 is 0.918. The molecule has 1 heterocycles. The molecule has 0 bridgehead atoms. The molecule has 1 nitrogen and oxygen atoms in total. The molecule has 0 spiro atoms. The number of benzene rings is 1. The van der Waals surface area contributed by atoms with Crippen molar-refractivity contribution in [3.63, 3.8) is 0 Å². The maximum absolute atomic E-state index is 12.3. The van der Waals surface area contributed by atoms with Crippen molar-refractivity contribution in [2.24, 2.45) is 0 Å². The Bertz CT molecular complexity index is 572. The van der Waals surface area contributed by atoms with E-state index in [4.69, 9.17) is 23.2 Å². The summed E-state index contributed by atoms with van der Waals surface area (Å²) in [4.78, 5) is 13.3. The summed E-state index contributed by atoms with van der Waals surface area (Å²) in [7, 11) is 0. The fourth-order valence-electron chi connectivity index (χ4n) is 1.52. The fourth-order valence-corrected chi connectivity index (χ4v) is 3.78. The zero-order valence-corrected chi connectivity index (χ0v) is 12.7. The Labute approximate surface area is 121 Å². The highest BCUT2D eigenvalue weighted by atomic mass is 79.9. The van der Waals surface area contributed by atoms with Gasteiger partial charge in [0, 0.05) is 10.4 Å². The highest BCUT2D eigenvalue weighted by Crippen LogP contribution is 2.32. The van der Waals surface area contributed by atoms with Crippen molar-refractivity contribution < 1.29 is 4.79 Å². The molecular formula is C12H7BrCl2OS. The number of rotatable bonds is 2. The third-order valence-electron chi connectivity index (χ3n) is 2.32. The lowest BCUT2D eigenvalue weighted by Gasteiger charge is -2.05. The maximum atomic E-state index is 12.3. The molecule has 0 atom stereocenters. The first-order valence-corrected chi connectivity index (χ1v) is 7.12. The molecule has 1 aromatic carbocycles. The lowest BCUT2D eigenvalue weighted by molar-refractivity contribution is 0.103. The van der Waals surface area contributed by atoms with Crippen LogP contribution in [-0.4, -0.2) is 5.78 Å². The van der Waals surface area contributed by atoms with E-state index >= 15 is 0 Å². The molecule has 2 aromatic rings. The van der Waals surface area contributed by atoms with Gasteiger partial charge in [-0.2, -0.15) is 0 Å². The summed E-state index contributed by atoms with van der Waals surface area (Å²) in [6, 6.07) is 6.84. The maximum Gasteiger partial charge on any atom is 0.197 e. The van der Waals surface area contributed by atoms with Crippen LogP contribution in [0.1, 0.15) is 20.8 Å². The van der Waals surface area contributed by atoms with E-state index in [1.807, 2.05) is 6.92 Å². The van der Waals surface area contributed by atoms with Gasteiger partial charge >= 0.3 is 0 Å². The minimum absolute atomic E-state index is 0.139. The normalized spacial score (nSPS) is 10.6. The predicted molar refractivity (Wildman–Crippen MR) is 76.7 cm³/mol. The number of hydrogen-bond donors (Lipinski definition) is 0. The summed E-state index contributed by atoms with van der Waals surface area (Å²) in [6.45, 7) is 1.90. The largest absolute Gasteiger partial charge is 0.288 e. The number of carbonyl (C=O) groups is 1. The minimum atomic E-state index is -0.139. The van der Waals surface area contributed by atoms with Crippen molar-refractivity contribution in [1.29, 1.82) is 0 Å². The smallest absolute Gasteiger partial charge is 0.197 e. The van der Waals surface area contributed by atoms with E-state index in [1.165, 1.54) is 11.3 Å². The van der Waals surface area contributed by atoms with Crippen molar-refractivity contribution in [1.82, 2.24) is 0 Å². The molecular weight excluding hydrogens is 343 g/mol. The monoisotopic (exact) mass is 348 g/mol. The van der Waals surface area contributed by atoms with Gasteiger partial charge in [-0.3, -0.25) is 4.79 Å². The van der Waals surface area contributed by atoms with Crippen molar-refractivity contribution in [2.75, 3.05) is 0 Å². The number of aryl methyl sites for hydroxylation is 1. The number of thiophene rings is 1. The molecule has 2 rings (SSSR count). The molecule has 0 saturated carbocycles. The quantitative estimate of drug-likeness (QED) is 0.667. The van der Waals surface area contributed by atoms with Gasteiger partial charge in [0.05, 0.1) is 19.4 Å². The molecule has 0 N–H and O–H groups in total. The average molecular weight is 350 g/mol. The number of ketones is 1. The van der Waals surface area contributed by atoms with Crippen LogP contribution in [0.5, 0.6) is 0 Å². The van der Waals surface area contributed by atoms with Gasteiger partial charge in [0.1, 0.15) is 0 Å². The van der Waals surface area contributed by atoms with Crippen molar-refractivity contribution in [3.8, 4) is 0 Å². The Kier molecular flexibility index (Phi) is 3.93. The zero-order valence-electron chi connectivity index (χ0n) is 8.76. The van der Waals surface area contributed by atoms with Crippen LogP contribution >= 0.6 is 50.5 Å².